The maximum Gasteiger partial charge on any atom is -0.00164 e. The number of likely N-dealkylation sites (tertiary alicyclic amines) is 1. The molecule has 1 saturated heterocycles. The molecule has 70 valence electrons. The van der Waals surface area contributed by atoms with E-state index < -0.39 is 0 Å². The van der Waals surface area contributed by atoms with Crippen LogP contribution in [0, 0.1) is 5.41 Å². The van der Waals surface area contributed by atoms with Gasteiger partial charge in [-0.15, -0.1) is 6.58 Å². The largest absolute Gasteiger partial charge is 0.306 e. The predicted molar refractivity (Wildman–Crippen MR) is 54.3 cm³/mol. The third kappa shape index (κ3) is 2.10. The van der Waals surface area contributed by atoms with E-state index in [1.165, 1.54) is 38.8 Å². The summed E-state index contributed by atoms with van der Waals surface area (Å²) in [5, 5.41) is 0. The molecular weight excluding hydrogens is 146 g/mol. The zero-order valence-corrected chi connectivity index (χ0v) is 8.47. The van der Waals surface area contributed by atoms with Gasteiger partial charge in [0, 0.05) is 0 Å². The number of nitrogens with zero attached hydrogens (tertiary/aromatic N) is 1. The van der Waals surface area contributed by atoms with Gasteiger partial charge < -0.3 is 4.90 Å². The van der Waals surface area contributed by atoms with Crippen molar-refractivity contribution in [3.63, 3.8) is 0 Å². The van der Waals surface area contributed by atoms with Crippen molar-refractivity contribution < 1.29 is 0 Å². The summed E-state index contributed by atoms with van der Waals surface area (Å²) < 4.78 is 0. The van der Waals surface area contributed by atoms with Crippen LogP contribution in [0.5, 0.6) is 0 Å². The van der Waals surface area contributed by atoms with Crippen molar-refractivity contribution in [3.05, 3.63) is 12.7 Å². The second kappa shape index (κ2) is 4.08. The van der Waals surface area contributed by atoms with Gasteiger partial charge in [0.1, 0.15) is 0 Å². The average molecular weight is 167 g/mol. The van der Waals surface area contributed by atoms with Crippen LogP contribution in [0.3, 0.4) is 0 Å². The second-order valence-electron chi connectivity index (χ2n) is 4.15. The van der Waals surface area contributed by atoms with E-state index in [9.17, 15) is 0 Å². The lowest BCUT2D eigenvalue weighted by Crippen LogP contribution is -2.37. The van der Waals surface area contributed by atoms with Gasteiger partial charge in [-0.1, -0.05) is 19.4 Å². The van der Waals surface area contributed by atoms with Crippen LogP contribution >= 0.6 is 0 Å². The molecule has 0 atom stereocenters. The zero-order valence-electron chi connectivity index (χ0n) is 8.47. The Hall–Kier alpha value is -0.300. The molecule has 0 aromatic heterocycles. The van der Waals surface area contributed by atoms with Crippen LogP contribution in [-0.4, -0.2) is 25.0 Å². The molecule has 1 nitrogen and oxygen atoms in total. The molecule has 1 aliphatic rings. The van der Waals surface area contributed by atoms with Crippen LogP contribution in [0.1, 0.15) is 32.6 Å². The third-order valence-electron chi connectivity index (χ3n) is 3.38. The zero-order chi connectivity index (χ0) is 9.03. The average Bonchev–Trinajstić information content (AvgIpc) is 2.10. The Morgan fingerprint density at radius 3 is 2.42 bits per heavy atom. The van der Waals surface area contributed by atoms with Crippen molar-refractivity contribution in [1.82, 2.24) is 4.90 Å². The van der Waals surface area contributed by atoms with E-state index >= 15 is 0 Å². The highest BCUT2D eigenvalue weighted by Crippen LogP contribution is 2.37. The maximum atomic E-state index is 3.85. The van der Waals surface area contributed by atoms with Crippen molar-refractivity contribution in [2.75, 3.05) is 20.1 Å². The summed E-state index contributed by atoms with van der Waals surface area (Å²) in [6.45, 7) is 8.70. The minimum absolute atomic E-state index is 0.592. The van der Waals surface area contributed by atoms with Gasteiger partial charge in [-0.2, -0.15) is 0 Å². The summed E-state index contributed by atoms with van der Waals surface area (Å²) in [5.41, 5.74) is 0.592. The van der Waals surface area contributed by atoms with Gasteiger partial charge in [0.15, 0.2) is 0 Å². The van der Waals surface area contributed by atoms with Gasteiger partial charge in [0.05, 0.1) is 0 Å². The van der Waals surface area contributed by atoms with E-state index in [0.717, 1.165) is 0 Å². The SMILES string of the molecule is C=CCC1(CC)CCN(C)CC1. The number of hydrogen-bond donors (Lipinski definition) is 0. The van der Waals surface area contributed by atoms with Crippen LogP contribution in [0.2, 0.25) is 0 Å². The summed E-state index contributed by atoms with van der Waals surface area (Å²) in [5.74, 6) is 0. The first-order valence-electron chi connectivity index (χ1n) is 5.02. The molecule has 0 aliphatic carbocycles. The van der Waals surface area contributed by atoms with Crippen LogP contribution in [0.4, 0.5) is 0 Å². The Morgan fingerprint density at radius 2 is 2.00 bits per heavy atom. The Kier molecular flexibility index (Phi) is 3.33. The van der Waals surface area contributed by atoms with E-state index in [0.29, 0.717) is 5.41 Å². The van der Waals surface area contributed by atoms with E-state index in [2.05, 4.69) is 31.5 Å². The van der Waals surface area contributed by atoms with Crippen molar-refractivity contribution in [3.8, 4) is 0 Å². The molecule has 12 heavy (non-hydrogen) atoms. The molecule has 0 aromatic carbocycles. The molecule has 0 saturated carbocycles. The van der Waals surface area contributed by atoms with E-state index in [1.54, 1.807) is 0 Å². The van der Waals surface area contributed by atoms with E-state index in [4.69, 9.17) is 0 Å². The molecule has 0 spiro atoms. The van der Waals surface area contributed by atoms with E-state index in [-0.39, 0.29) is 0 Å². The molecule has 1 rings (SSSR count). The summed E-state index contributed by atoms with van der Waals surface area (Å²) in [7, 11) is 2.22. The fraction of sp³-hybridized carbons (Fsp3) is 0.818. The lowest BCUT2D eigenvalue weighted by molar-refractivity contribution is 0.120. The molecule has 1 heterocycles. The minimum Gasteiger partial charge on any atom is -0.306 e. The summed E-state index contributed by atoms with van der Waals surface area (Å²) in [4.78, 5) is 2.43. The molecule has 0 N–H and O–H groups in total. The van der Waals surface area contributed by atoms with Crippen LogP contribution < -0.4 is 0 Å². The molecule has 0 radical (unpaired) electrons. The summed E-state index contributed by atoms with van der Waals surface area (Å²) >= 11 is 0. The molecule has 1 aliphatic heterocycles. The highest BCUT2D eigenvalue weighted by molar-refractivity contribution is 4.89. The Bertz CT molecular complexity index is 143. The highest BCUT2D eigenvalue weighted by Gasteiger charge is 2.30. The first kappa shape index (κ1) is 9.79. The molecular formula is C11H21N. The minimum atomic E-state index is 0.592. The van der Waals surface area contributed by atoms with Gasteiger partial charge in [0.2, 0.25) is 0 Å². The van der Waals surface area contributed by atoms with Crippen LogP contribution in [0.25, 0.3) is 0 Å². The molecule has 0 unspecified atom stereocenters. The lowest BCUT2D eigenvalue weighted by atomic mass is 9.74. The Morgan fingerprint density at radius 1 is 1.42 bits per heavy atom. The van der Waals surface area contributed by atoms with Gasteiger partial charge in [-0.05, 0) is 44.8 Å². The second-order valence-corrected chi connectivity index (χ2v) is 4.15. The monoisotopic (exact) mass is 167 g/mol. The lowest BCUT2D eigenvalue weighted by Gasteiger charge is -2.39. The number of piperidine rings is 1. The quantitative estimate of drug-likeness (QED) is 0.584. The Labute approximate surface area is 76.5 Å². The molecule has 0 aromatic rings. The predicted octanol–water partition coefficient (Wildman–Crippen LogP) is 2.68. The molecule has 1 fully saturated rings. The number of allylic oxidation sites excluding steroid dienone is 1. The van der Waals surface area contributed by atoms with Gasteiger partial charge in [-0.3, -0.25) is 0 Å². The van der Waals surface area contributed by atoms with E-state index in [1.807, 2.05) is 0 Å². The molecule has 1 heteroatoms. The summed E-state index contributed by atoms with van der Waals surface area (Å²) in [6, 6.07) is 0. The van der Waals surface area contributed by atoms with Crippen molar-refractivity contribution in [1.29, 1.82) is 0 Å². The van der Waals surface area contributed by atoms with Crippen LogP contribution in [-0.2, 0) is 0 Å². The van der Waals surface area contributed by atoms with Gasteiger partial charge in [-0.25, -0.2) is 0 Å². The normalized spacial score (nSPS) is 23.8. The maximum absolute atomic E-state index is 3.85. The first-order valence-corrected chi connectivity index (χ1v) is 5.02. The van der Waals surface area contributed by atoms with Crippen LogP contribution in [0.15, 0.2) is 12.7 Å². The fourth-order valence-corrected chi connectivity index (χ4v) is 2.10. The topological polar surface area (TPSA) is 3.24 Å². The van der Waals surface area contributed by atoms with Crippen molar-refractivity contribution in [2.45, 2.75) is 32.6 Å². The standard InChI is InChI=1S/C11H21N/c1-4-6-11(5-2)7-9-12(3)10-8-11/h4H,1,5-10H2,2-3H3. The van der Waals surface area contributed by atoms with Gasteiger partial charge in [0.25, 0.3) is 0 Å². The third-order valence-corrected chi connectivity index (χ3v) is 3.38. The van der Waals surface area contributed by atoms with Crippen molar-refractivity contribution in [2.24, 2.45) is 5.41 Å². The first-order chi connectivity index (χ1) is 5.72. The number of rotatable bonds is 3. The van der Waals surface area contributed by atoms with Gasteiger partial charge >= 0.3 is 0 Å². The Balaban J connectivity index is 2.50. The highest BCUT2D eigenvalue weighted by atomic mass is 15.1. The number of hydrogen-bond acceptors (Lipinski definition) is 1. The summed E-state index contributed by atoms with van der Waals surface area (Å²) in [6.07, 6.45) is 7.32. The van der Waals surface area contributed by atoms with Crippen molar-refractivity contribution >= 4 is 0 Å². The molecule has 0 amide bonds. The smallest absolute Gasteiger partial charge is 0.00164 e. The molecule has 0 bridgehead atoms. The fourth-order valence-electron chi connectivity index (χ4n) is 2.10.